The second-order valence-electron chi connectivity index (χ2n) is 4.31. The average Bonchev–Trinajstić information content (AvgIpc) is 2.92. The van der Waals surface area contributed by atoms with Crippen LogP contribution in [0.5, 0.6) is 0 Å². The molecule has 6 N–H and O–H groups in total. The number of hydrogen-bond acceptors (Lipinski definition) is 7. The number of carboxylic acid groups (broad SMARTS) is 1. The van der Waals surface area contributed by atoms with E-state index in [0.29, 0.717) is 5.69 Å². The third-order valence-corrected chi connectivity index (χ3v) is 2.57. The molecule has 1 aromatic heterocycles. The van der Waals surface area contributed by atoms with E-state index in [1.807, 2.05) is 0 Å². The van der Waals surface area contributed by atoms with Crippen LogP contribution in [0.25, 0.3) is 0 Å². The van der Waals surface area contributed by atoms with Crippen LogP contribution in [-0.4, -0.2) is 39.2 Å². The van der Waals surface area contributed by atoms with Gasteiger partial charge in [0.25, 0.3) is 0 Å². The lowest BCUT2D eigenvalue weighted by atomic mass is 10.2. The second-order valence-corrected chi connectivity index (χ2v) is 4.31. The number of nitrogens with zero attached hydrogens (tertiary/aromatic N) is 2. The van der Waals surface area contributed by atoms with E-state index < -0.39 is 24.0 Å². The first kappa shape index (κ1) is 16.4. The number of hydrogen-bond donors (Lipinski definition) is 5. The molecule has 0 bridgehead atoms. The maximum atomic E-state index is 11.7. The number of aromatic nitrogens is 1. The average molecular weight is 299 g/mol. The Morgan fingerprint density at radius 1 is 1.57 bits per heavy atom. The van der Waals surface area contributed by atoms with Crippen LogP contribution in [-0.2, 0) is 16.1 Å². The molecule has 0 aliphatic heterocycles. The van der Waals surface area contributed by atoms with E-state index in [-0.39, 0.29) is 18.1 Å². The Morgan fingerprint density at radius 2 is 2.24 bits per heavy atom. The topological polar surface area (TPSA) is 163 Å². The minimum atomic E-state index is -1.17. The van der Waals surface area contributed by atoms with Crippen LogP contribution in [0.15, 0.2) is 15.7 Å². The van der Waals surface area contributed by atoms with Crippen LogP contribution < -0.4 is 16.4 Å². The molecule has 0 aliphatic rings. The zero-order valence-electron chi connectivity index (χ0n) is 11.5. The summed E-state index contributed by atoms with van der Waals surface area (Å²) in [6.45, 7) is 3.09. The summed E-state index contributed by atoms with van der Waals surface area (Å²) in [5, 5.41) is 28.7. The van der Waals surface area contributed by atoms with Crippen molar-refractivity contribution in [2.75, 3.05) is 0 Å². The molecule has 0 spiro atoms. The van der Waals surface area contributed by atoms with E-state index in [0.717, 1.165) is 0 Å². The molecule has 0 fully saturated rings. The van der Waals surface area contributed by atoms with Gasteiger partial charge in [0.05, 0.1) is 6.54 Å². The predicted octanol–water partition coefficient (Wildman–Crippen LogP) is -0.839. The number of aliphatic carboxylic acids is 1. The lowest BCUT2D eigenvalue weighted by Crippen LogP contribution is -2.43. The molecule has 1 unspecified atom stereocenters. The molecule has 0 aromatic carbocycles. The van der Waals surface area contributed by atoms with Crippen LogP contribution in [0.2, 0.25) is 0 Å². The van der Waals surface area contributed by atoms with Crippen LogP contribution in [0.3, 0.4) is 0 Å². The zero-order valence-corrected chi connectivity index (χ0v) is 11.5. The number of nitrogens with two attached hydrogens (primary N) is 1. The van der Waals surface area contributed by atoms with Crippen molar-refractivity contribution in [1.82, 2.24) is 15.8 Å². The van der Waals surface area contributed by atoms with E-state index in [4.69, 9.17) is 20.6 Å². The fourth-order valence-corrected chi connectivity index (χ4v) is 1.31. The van der Waals surface area contributed by atoms with Crippen molar-refractivity contribution in [2.45, 2.75) is 32.5 Å². The van der Waals surface area contributed by atoms with Gasteiger partial charge < -0.3 is 31.2 Å². The summed E-state index contributed by atoms with van der Waals surface area (Å²) in [6.07, 6.45) is 0. The van der Waals surface area contributed by atoms with Gasteiger partial charge in [0, 0.05) is 6.07 Å². The highest BCUT2D eigenvalue weighted by Crippen LogP contribution is 2.12. The first-order valence-corrected chi connectivity index (χ1v) is 6.02. The number of rotatable bonds is 6. The van der Waals surface area contributed by atoms with Crippen molar-refractivity contribution >= 4 is 17.7 Å². The first-order valence-electron chi connectivity index (χ1n) is 6.02. The monoisotopic (exact) mass is 299 g/mol. The Hall–Kier alpha value is -2.62. The van der Waals surface area contributed by atoms with Crippen molar-refractivity contribution in [3.05, 3.63) is 17.5 Å². The van der Waals surface area contributed by atoms with E-state index >= 15 is 0 Å². The van der Waals surface area contributed by atoms with Crippen LogP contribution in [0.1, 0.15) is 31.3 Å². The Bertz CT molecular complexity index is 541. The third kappa shape index (κ3) is 4.76. The predicted molar refractivity (Wildman–Crippen MR) is 70.4 cm³/mol. The minimum Gasteiger partial charge on any atom is -0.480 e. The maximum Gasteiger partial charge on any atom is 0.325 e. The molecule has 0 aliphatic carbocycles. The maximum absolute atomic E-state index is 11.7. The Morgan fingerprint density at radius 3 is 2.81 bits per heavy atom. The summed E-state index contributed by atoms with van der Waals surface area (Å²) in [5.74, 6) is -1.47. The molecular weight excluding hydrogens is 282 g/mol. The summed E-state index contributed by atoms with van der Waals surface area (Å²) < 4.78 is 4.93. The number of oxime groups is 1. The minimum absolute atomic E-state index is 0.0977. The van der Waals surface area contributed by atoms with Crippen LogP contribution in [0, 0.1) is 0 Å². The Labute approximate surface area is 120 Å². The summed E-state index contributed by atoms with van der Waals surface area (Å²) in [7, 11) is 0. The lowest BCUT2D eigenvalue weighted by molar-refractivity contribution is -0.141. The highest BCUT2D eigenvalue weighted by molar-refractivity contribution is 5.87. The fraction of sp³-hybridized carbons (Fsp3) is 0.455. The molecule has 2 atom stereocenters. The van der Waals surface area contributed by atoms with E-state index in [2.05, 4.69) is 20.9 Å². The van der Waals surface area contributed by atoms with Gasteiger partial charge in [-0.3, -0.25) is 9.59 Å². The Kier molecular flexibility index (Phi) is 5.67. The van der Waals surface area contributed by atoms with Crippen molar-refractivity contribution in [1.29, 1.82) is 0 Å². The first-order chi connectivity index (χ1) is 9.85. The molecule has 1 heterocycles. The smallest absolute Gasteiger partial charge is 0.325 e. The lowest BCUT2D eigenvalue weighted by Gasteiger charge is -2.12. The molecule has 21 heavy (non-hydrogen) atoms. The standard InChI is InChI=1S/C11H17N5O5/c1-5(11(18)19)14-10(17)9(12)8-3-7(16-21-8)4-13-6(2)15-20/h3,5,9,20H,4,12H2,1-2H3,(H,13,15)(H,14,17)(H,18,19)/t5-,9?/m0/s1. The van der Waals surface area contributed by atoms with Gasteiger partial charge in [0.2, 0.25) is 5.91 Å². The molecule has 1 amide bonds. The molecule has 1 rings (SSSR count). The number of amides is 1. The fourth-order valence-electron chi connectivity index (χ4n) is 1.31. The van der Waals surface area contributed by atoms with E-state index in [9.17, 15) is 9.59 Å². The van der Waals surface area contributed by atoms with Gasteiger partial charge in [-0.25, -0.2) is 0 Å². The molecule has 10 nitrogen and oxygen atoms in total. The quantitative estimate of drug-likeness (QED) is 0.196. The van der Waals surface area contributed by atoms with Crippen molar-refractivity contribution in [3.63, 3.8) is 0 Å². The van der Waals surface area contributed by atoms with Crippen molar-refractivity contribution in [3.8, 4) is 0 Å². The van der Waals surface area contributed by atoms with Gasteiger partial charge in [-0.05, 0) is 13.8 Å². The second kappa shape index (κ2) is 7.24. The molecular formula is C11H17N5O5. The highest BCUT2D eigenvalue weighted by atomic mass is 16.5. The van der Waals surface area contributed by atoms with Crippen LogP contribution >= 0.6 is 0 Å². The Balaban J connectivity index is 2.62. The highest BCUT2D eigenvalue weighted by Gasteiger charge is 2.24. The van der Waals surface area contributed by atoms with Gasteiger partial charge in [-0.2, -0.15) is 0 Å². The van der Waals surface area contributed by atoms with E-state index in [1.54, 1.807) is 6.92 Å². The van der Waals surface area contributed by atoms with Crippen molar-refractivity contribution < 1.29 is 24.4 Å². The third-order valence-electron chi connectivity index (χ3n) is 2.57. The number of carbonyl (C=O) groups excluding carboxylic acids is 1. The molecule has 0 saturated carbocycles. The van der Waals surface area contributed by atoms with Gasteiger partial charge in [-0.1, -0.05) is 10.3 Å². The van der Waals surface area contributed by atoms with Gasteiger partial charge in [0.15, 0.2) is 5.76 Å². The normalized spacial score (nSPS) is 14.3. The molecule has 1 aromatic rings. The number of carbonyl (C=O) groups is 2. The van der Waals surface area contributed by atoms with Crippen LogP contribution in [0.4, 0.5) is 0 Å². The zero-order chi connectivity index (χ0) is 16.0. The number of carboxylic acids is 1. The molecule has 0 saturated heterocycles. The molecule has 0 radical (unpaired) electrons. The summed E-state index contributed by atoms with van der Waals surface area (Å²) in [5.41, 5.74) is 6.11. The summed E-state index contributed by atoms with van der Waals surface area (Å²) in [4.78, 5) is 22.4. The van der Waals surface area contributed by atoms with Gasteiger partial charge in [-0.15, -0.1) is 0 Å². The van der Waals surface area contributed by atoms with E-state index in [1.165, 1.54) is 13.0 Å². The summed E-state index contributed by atoms with van der Waals surface area (Å²) >= 11 is 0. The molecule has 116 valence electrons. The van der Waals surface area contributed by atoms with Crippen molar-refractivity contribution in [2.24, 2.45) is 10.9 Å². The largest absolute Gasteiger partial charge is 0.480 e. The van der Waals surface area contributed by atoms with Gasteiger partial charge >= 0.3 is 5.97 Å². The SMILES string of the molecule is CC(=NO)NCc1cc(C(N)C(=O)N[C@@H](C)C(=O)O)on1. The number of amidine groups is 1. The number of nitrogens with one attached hydrogen (secondary N) is 2. The van der Waals surface area contributed by atoms with Gasteiger partial charge in [0.1, 0.15) is 23.6 Å². The summed E-state index contributed by atoms with van der Waals surface area (Å²) in [6, 6.07) is -0.774. The molecule has 10 heteroatoms.